The molecule has 0 spiro atoms. The Labute approximate surface area is 129 Å². The van der Waals surface area contributed by atoms with E-state index in [0.29, 0.717) is 30.1 Å². The fourth-order valence-corrected chi connectivity index (χ4v) is 6.04. The third-order valence-corrected chi connectivity index (χ3v) is 6.27. The quantitative estimate of drug-likeness (QED) is 0.631. The molecule has 5 aliphatic rings. The maximum Gasteiger partial charge on any atom is 0.344 e. The van der Waals surface area contributed by atoms with Crippen LogP contribution in [0.25, 0.3) is 0 Å². The topological polar surface area (TPSA) is 72.8 Å². The lowest BCUT2D eigenvalue weighted by molar-refractivity contribution is -0.216. The Morgan fingerprint density at radius 3 is 2.73 bits per heavy atom. The van der Waals surface area contributed by atoms with Crippen molar-refractivity contribution in [3.8, 4) is 0 Å². The van der Waals surface area contributed by atoms with E-state index >= 15 is 0 Å². The van der Waals surface area contributed by atoms with Crippen molar-refractivity contribution in [2.24, 2.45) is 23.7 Å². The van der Waals surface area contributed by atoms with Crippen LogP contribution in [0.15, 0.2) is 12.2 Å². The molecule has 1 N–H and O–H groups in total. The first-order valence-electron chi connectivity index (χ1n) is 8.09. The Hall–Kier alpha value is -1.36. The highest BCUT2D eigenvalue weighted by atomic mass is 16.6. The number of esters is 2. The van der Waals surface area contributed by atoms with Gasteiger partial charge in [0.1, 0.15) is 5.60 Å². The van der Waals surface area contributed by atoms with Gasteiger partial charge < -0.3 is 14.6 Å². The van der Waals surface area contributed by atoms with Crippen LogP contribution in [0.4, 0.5) is 0 Å². The summed E-state index contributed by atoms with van der Waals surface area (Å²) < 4.78 is 10.7. The number of hydrogen-bond acceptors (Lipinski definition) is 5. The van der Waals surface area contributed by atoms with Crippen LogP contribution < -0.4 is 0 Å². The third kappa shape index (κ3) is 1.87. The van der Waals surface area contributed by atoms with E-state index in [9.17, 15) is 14.7 Å². The van der Waals surface area contributed by atoms with Crippen LogP contribution in [0.5, 0.6) is 0 Å². The van der Waals surface area contributed by atoms with E-state index in [1.54, 1.807) is 0 Å². The molecule has 120 valence electrons. The van der Waals surface area contributed by atoms with Crippen LogP contribution in [-0.2, 0) is 19.1 Å². The molecule has 0 heterocycles. The van der Waals surface area contributed by atoms with Gasteiger partial charge >= 0.3 is 11.9 Å². The minimum atomic E-state index is -0.663. The molecule has 22 heavy (non-hydrogen) atoms. The summed E-state index contributed by atoms with van der Waals surface area (Å²) in [6.45, 7) is 4.64. The SMILES string of the molecule is C=C(C)C(=O)OCC(=O)OC12CC3CC4CC(O)(CC3C41)C2. The van der Waals surface area contributed by atoms with Gasteiger partial charge in [-0.05, 0) is 50.4 Å². The minimum absolute atomic E-state index is 0.263. The van der Waals surface area contributed by atoms with Crippen molar-refractivity contribution < 1.29 is 24.2 Å². The number of carbonyl (C=O) groups is 2. The maximum absolute atomic E-state index is 12.1. The fourth-order valence-electron chi connectivity index (χ4n) is 6.04. The largest absolute Gasteiger partial charge is 0.456 e. The van der Waals surface area contributed by atoms with E-state index in [1.165, 1.54) is 13.3 Å². The molecule has 5 nitrogen and oxygen atoms in total. The molecular weight excluding hydrogens is 284 g/mol. The zero-order valence-corrected chi connectivity index (χ0v) is 12.8. The average Bonchev–Trinajstić information content (AvgIpc) is 2.78. The maximum atomic E-state index is 12.1. The van der Waals surface area contributed by atoms with Gasteiger partial charge in [0.25, 0.3) is 0 Å². The molecule has 5 rings (SSSR count). The highest BCUT2D eigenvalue weighted by Gasteiger charge is 2.73. The van der Waals surface area contributed by atoms with Crippen molar-refractivity contribution >= 4 is 11.9 Å². The van der Waals surface area contributed by atoms with Gasteiger partial charge in [-0.25, -0.2) is 9.59 Å². The van der Waals surface area contributed by atoms with Crippen molar-refractivity contribution in [1.29, 1.82) is 0 Å². The number of hydrogen-bond donors (Lipinski definition) is 1. The first-order valence-corrected chi connectivity index (χ1v) is 8.09. The molecule has 6 unspecified atom stereocenters. The normalized spacial score (nSPS) is 46.8. The van der Waals surface area contributed by atoms with Gasteiger partial charge in [-0.15, -0.1) is 0 Å². The molecule has 5 aliphatic carbocycles. The Morgan fingerprint density at radius 1 is 1.27 bits per heavy atom. The lowest BCUT2D eigenvalue weighted by Crippen LogP contribution is -2.60. The molecule has 0 amide bonds. The molecule has 6 bridgehead atoms. The smallest absolute Gasteiger partial charge is 0.344 e. The number of aliphatic hydroxyl groups is 1. The van der Waals surface area contributed by atoms with Crippen molar-refractivity contribution in [3.05, 3.63) is 12.2 Å². The summed E-state index contributed by atoms with van der Waals surface area (Å²) in [5, 5.41) is 10.8. The molecule has 5 heteroatoms. The summed E-state index contributed by atoms with van der Waals surface area (Å²) in [7, 11) is 0. The van der Waals surface area contributed by atoms with Crippen molar-refractivity contribution in [2.75, 3.05) is 6.61 Å². The van der Waals surface area contributed by atoms with Gasteiger partial charge in [0.2, 0.25) is 0 Å². The Kier molecular flexibility index (Phi) is 2.81. The highest BCUT2D eigenvalue weighted by Crippen LogP contribution is 2.72. The van der Waals surface area contributed by atoms with E-state index in [4.69, 9.17) is 9.47 Å². The lowest BCUT2D eigenvalue weighted by Gasteiger charge is -2.55. The Bertz CT molecular complexity index is 569. The minimum Gasteiger partial charge on any atom is -0.456 e. The van der Waals surface area contributed by atoms with Crippen LogP contribution in [0.1, 0.15) is 39.0 Å². The second-order valence-corrected chi connectivity index (χ2v) is 7.85. The van der Waals surface area contributed by atoms with E-state index in [1.807, 2.05) is 0 Å². The standard InChI is InChI=1S/C17H22O5/c1-9(2)15(19)21-7-13(18)22-17-5-10-3-11-4-16(20,8-17)6-12(10)14(11)17/h10-12,14,20H,1,3-8H2,2H3. The summed E-state index contributed by atoms with van der Waals surface area (Å²) in [5.74, 6) is 0.881. The van der Waals surface area contributed by atoms with Gasteiger partial charge in [0.15, 0.2) is 6.61 Å². The van der Waals surface area contributed by atoms with E-state index in [-0.39, 0.29) is 12.2 Å². The van der Waals surface area contributed by atoms with Crippen molar-refractivity contribution in [1.82, 2.24) is 0 Å². The van der Waals surface area contributed by atoms with E-state index < -0.39 is 23.1 Å². The van der Waals surface area contributed by atoms with Gasteiger partial charge in [-0.3, -0.25) is 0 Å². The van der Waals surface area contributed by atoms with Gasteiger partial charge in [-0.1, -0.05) is 6.58 Å². The van der Waals surface area contributed by atoms with Crippen LogP contribution in [-0.4, -0.2) is 34.9 Å². The molecule has 5 fully saturated rings. The molecule has 0 aromatic rings. The fraction of sp³-hybridized carbons (Fsp3) is 0.765. The van der Waals surface area contributed by atoms with Crippen molar-refractivity contribution in [3.63, 3.8) is 0 Å². The summed E-state index contributed by atoms with van der Waals surface area (Å²) in [4.78, 5) is 23.5. The van der Waals surface area contributed by atoms with Crippen molar-refractivity contribution in [2.45, 2.75) is 50.2 Å². The summed E-state index contributed by atoms with van der Waals surface area (Å²) in [5.41, 5.74) is -0.917. The number of carbonyl (C=O) groups excluding carboxylic acids is 2. The first-order chi connectivity index (χ1) is 10.3. The predicted octanol–water partition coefficient (Wildman–Crippen LogP) is 1.59. The third-order valence-electron chi connectivity index (χ3n) is 6.27. The molecule has 5 saturated carbocycles. The lowest BCUT2D eigenvalue weighted by atomic mass is 9.56. The molecular formula is C17H22O5. The number of rotatable bonds is 4. The molecule has 0 aliphatic heterocycles. The Balaban J connectivity index is 1.46. The number of ether oxygens (including phenoxy) is 2. The van der Waals surface area contributed by atoms with Crippen LogP contribution >= 0.6 is 0 Å². The van der Waals surface area contributed by atoms with Crippen LogP contribution in [0.2, 0.25) is 0 Å². The second-order valence-electron chi connectivity index (χ2n) is 7.85. The van der Waals surface area contributed by atoms with Crippen LogP contribution in [0.3, 0.4) is 0 Å². The highest BCUT2D eigenvalue weighted by molar-refractivity contribution is 5.88. The molecule has 0 saturated heterocycles. The monoisotopic (exact) mass is 306 g/mol. The van der Waals surface area contributed by atoms with Gasteiger partial charge in [-0.2, -0.15) is 0 Å². The Morgan fingerprint density at radius 2 is 2.05 bits per heavy atom. The molecule has 0 radical (unpaired) electrons. The molecule has 0 aromatic carbocycles. The summed E-state index contributed by atoms with van der Waals surface area (Å²) in [6, 6.07) is 0. The second kappa shape index (κ2) is 4.34. The summed E-state index contributed by atoms with van der Waals surface area (Å²) >= 11 is 0. The zero-order valence-electron chi connectivity index (χ0n) is 12.8. The average molecular weight is 306 g/mol. The predicted molar refractivity (Wildman–Crippen MR) is 76.6 cm³/mol. The van der Waals surface area contributed by atoms with E-state index in [2.05, 4.69) is 6.58 Å². The van der Waals surface area contributed by atoms with Gasteiger partial charge in [0, 0.05) is 17.9 Å². The molecule has 0 aromatic heterocycles. The summed E-state index contributed by atoms with van der Waals surface area (Å²) in [6.07, 6.45) is 4.30. The first kappa shape index (κ1) is 14.2. The van der Waals surface area contributed by atoms with Crippen LogP contribution in [0, 0.1) is 23.7 Å². The van der Waals surface area contributed by atoms with E-state index in [0.717, 1.165) is 19.3 Å². The van der Waals surface area contributed by atoms with Gasteiger partial charge in [0.05, 0.1) is 5.60 Å². The molecule has 6 atom stereocenters. The zero-order chi connectivity index (χ0) is 15.7.